The van der Waals surface area contributed by atoms with E-state index >= 15 is 0 Å². The molecule has 1 N–H and O–H groups in total. The Morgan fingerprint density at radius 2 is 2.31 bits per heavy atom. The van der Waals surface area contributed by atoms with Gasteiger partial charge in [0, 0.05) is 17.7 Å². The van der Waals surface area contributed by atoms with Crippen molar-refractivity contribution >= 4 is 5.69 Å². The van der Waals surface area contributed by atoms with Gasteiger partial charge in [0.15, 0.2) is 6.10 Å². The maximum atomic E-state index is 10.3. The van der Waals surface area contributed by atoms with Crippen LogP contribution in [0.4, 0.5) is 5.69 Å². The third-order valence-electron chi connectivity index (χ3n) is 1.52. The zero-order valence-electron chi connectivity index (χ0n) is 6.54. The molecule has 0 aliphatic rings. The summed E-state index contributed by atoms with van der Waals surface area (Å²) in [6.07, 6.45) is -1.31. The molecule has 13 heavy (non-hydrogen) atoms. The topological polar surface area (TPSA) is 87.2 Å². The van der Waals surface area contributed by atoms with E-state index in [2.05, 4.69) is 0 Å². The van der Waals surface area contributed by atoms with E-state index in [1.807, 2.05) is 0 Å². The van der Waals surface area contributed by atoms with E-state index < -0.39 is 11.0 Å². The second-order valence-corrected chi connectivity index (χ2v) is 2.38. The molecule has 0 aliphatic carbocycles. The Kier molecular flexibility index (Phi) is 2.57. The van der Waals surface area contributed by atoms with Crippen LogP contribution in [0.1, 0.15) is 11.7 Å². The van der Waals surface area contributed by atoms with Crippen LogP contribution in [0.3, 0.4) is 0 Å². The van der Waals surface area contributed by atoms with Crippen molar-refractivity contribution in [2.24, 2.45) is 0 Å². The molecule has 0 saturated carbocycles. The van der Waals surface area contributed by atoms with Gasteiger partial charge in [-0.3, -0.25) is 10.1 Å². The molecule has 0 aliphatic heterocycles. The minimum atomic E-state index is -1.31. The van der Waals surface area contributed by atoms with Crippen LogP contribution in [0, 0.1) is 21.4 Å². The van der Waals surface area contributed by atoms with Crippen LogP contribution in [0.2, 0.25) is 0 Å². The van der Waals surface area contributed by atoms with Gasteiger partial charge < -0.3 is 5.11 Å². The largest absolute Gasteiger partial charge is 0.374 e. The molecule has 1 aromatic rings. The van der Waals surface area contributed by atoms with Gasteiger partial charge in [-0.1, -0.05) is 12.1 Å². The quantitative estimate of drug-likeness (QED) is 0.418. The van der Waals surface area contributed by atoms with Crippen LogP contribution in [-0.4, -0.2) is 10.0 Å². The van der Waals surface area contributed by atoms with E-state index in [0.717, 1.165) is 0 Å². The standard InChI is InChI=1S/C8H6N2O3/c9-5-8(11)6-2-1-3-7(4-6)10(12)13/h1-4,8,11H/t8-/m0/s1. The summed E-state index contributed by atoms with van der Waals surface area (Å²) < 4.78 is 0. The first-order valence-electron chi connectivity index (χ1n) is 3.47. The van der Waals surface area contributed by atoms with Gasteiger partial charge in [0.2, 0.25) is 0 Å². The highest BCUT2D eigenvalue weighted by atomic mass is 16.6. The first-order valence-corrected chi connectivity index (χ1v) is 3.47. The Bertz CT molecular complexity index is 370. The monoisotopic (exact) mass is 178 g/mol. The number of hydrogen-bond donors (Lipinski definition) is 1. The number of aliphatic hydroxyl groups is 1. The van der Waals surface area contributed by atoms with E-state index in [4.69, 9.17) is 10.4 Å². The fourth-order valence-electron chi connectivity index (χ4n) is 0.883. The second kappa shape index (κ2) is 3.65. The predicted molar refractivity (Wildman–Crippen MR) is 43.7 cm³/mol. The van der Waals surface area contributed by atoms with Gasteiger partial charge in [-0.2, -0.15) is 5.26 Å². The molecule has 5 nitrogen and oxygen atoms in total. The van der Waals surface area contributed by atoms with Crippen molar-refractivity contribution in [3.63, 3.8) is 0 Å². The third kappa shape index (κ3) is 2.01. The Labute approximate surface area is 74.0 Å². The van der Waals surface area contributed by atoms with Crippen LogP contribution in [0.25, 0.3) is 0 Å². The van der Waals surface area contributed by atoms with Crippen LogP contribution < -0.4 is 0 Å². The summed E-state index contributed by atoms with van der Waals surface area (Å²) in [6.45, 7) is 0. The number of benzene rings is 1. The van der Waals surface area contributed by atoms with E-state index in [9.17, 15) is 10.1 Å². The average Bonchev–Trinajstić information content (AvgIpc) is 2.17. The molecule has 0 radical (unpaired) electrons. The summed E-state index contributed by atoms with van der Waals surface area (Å²) in [7, 11) is 0. The van der Waals surface area contributed by atoms with Gasteiger partial charge in [0.1, 0.15) is 0 Å². The van der Waals surface area contributed by atoms with Crippen molar-refractivity contribution in [1.82, 2.24) is 0 Å². The fourth-order valence-corrected chi connectivity index (χ4v) is 0.883. The highest BCUT2D eigenvalue weighted by Crippen LogP contribution is 2.18. The zero-order chi connectivity index (χ0) is 9.84. The molecule has 0 saturated heterocycles. The minimum Gasteiger partial charge on any atom is -0.374 e. The number of aliphatic hydroxyl groups excluding tert-OH is 1. The fraction of sp³-hybridized carbons (Fsp3) is 0.125. The van der Waals surface area contributed by atoms with Gasteiger partial charge in [-0.25, -0.2) is 0 Å². The molecule has 0 unspecified atom stereocenters. The molecule has 1 atom stereocenters. The highest BCUT2D eigenvalue weighted by Gasteiger charge is 2.10. The molecular weight excluding hydrogens is 172 g/mol. The predicted octanol–water partition coefficient (Wildman–Crippen LogP) is 1.15. The second-order valence-electron chi connectivity index (χ2n) is 2.38. The molecule has 0 heterocycles. The molecule has 0 bridgehead atoms. The number of hydrogen-bond acceptors (Lipinski definition) is 4. The van der Waals surface area contributed by atoms with Gasteiger partial charge in [-0.05, 0) is 0 Å². The maximum Gasteiger partial charge on any atom is 0.269 e. The maximum absolute atomic E-state index is 10.3. The Balaban J connectivity index is 3.07. The number of rotatable bonds is 2. The summed E-state index contributed by atoms with van der Waals surface area (Å²) >= 11 is 0. The highest BCUT2D eigenvalue weighted by molar-refractivity contribution is 5.36. The average molecular weight is 178 g/mol. The van der Waals surface area contributed by atoms with Gasteiger partial charge in [-0.15, -0.1) is 0 Å². The normalized spacial score (nSPS) is 11.7. The molecule has 5 heteroatoms. The number of non-ortho nitro benzene ring substituents is 1. The van der Waals surface area contributed by atoms with Crippen molar-refractivity contribution < 1.29 is 10.0 Å². The number of nitro benzene ring substituents is 1. The van der Waals surface area contributed by atoms with Crippen LogP contribution >= 0.6 is 0 Å². The molecule has 66 valence electrons. The van der Waals surface area contributed by atoms with Gasteiger partial charge >= 0.3 is 0 Å². The van der Waals surface area contributed by atoms with E-state index in [0.29, 0.717) is 0 Å². The Morgan fingerprint density at radius 1 is 1.62 bits per heavy atom. The molecule has 0 amide bonds. The third-order valence-corrected chi connectivity index (χ3v) is 1.52. The summed E-state index contributed by atoms with van der Waals surface area (Å²) in [6, 6.07) is 6.94. The minimum absolute atomic E-state index is 0.133. The molecular formula is C8H6N2O3. The first kappa shape index (κ1) is 9.16. The summed E-state index contributed by atoms with van der Waals surface area (Å²) in [4.78, 5) is 9.73. The lowest BCUT2D eigenvalue weighted by atomic mass is 10.1. The lowest BCUT2D eigenvalue weighted by Crippen LogP contribution is -1.95. The van der Waals surface area contributed by atoms with Gasteiger partial charge in [0.25, 0.3) is 5.69 Å². The zero-order valence-corrected chi connectivity index (χ0v) is 6.54. The lowest BCUT2D eigenvalue weighted by Gasteiger charge is -2.00. The molecule has 1 rings (SSSR count). The molecule has 0 spiro atoms. The SMILES string of the molecule is N#C[C@H](O)c1cccc([N+](=O)[O-])c1. The molecule has 1 aromatic carbocycles. The first-order chi connectivity index (χ1) is 6.15. The summed E-state index contributed by atoms with van der Waals surface area (Å²) in [5.41, 5.74) is 0.100. The molecule has 0 fully saturated rings. The van der Waals surface area contributed by atoms with Crippen LogP contribution in [0.15, 0.2) is 24.3 Å². The van der Waals surface area contributed by atoms with E-state index in [-0.39, 0.29) is 11.3 Å². The van der Waals surface area contributed by atoms with E-state index in [1.54, 1.807) is 6.07 Å². The van der Waals surface area contributed by atoms with Gasteiger partial charge in [0.05, 0.1) is 11.0 Å². The smallest absolute Gasteiger partial charge is 0.269 e. The van der Waals surface area contributed by atoms with Crippen molar-refractivity contribution in [2.75, 3.05) is 0 Å². The van der Waals surface area contributed by atoms with Crippen LogP contribution in [-0.2, 0) is 0 Å². The van der Waals surface area contributed by atoms with Crippen LogP contribution in [0.5, 0.6) is 0 Å². The molecule has 0 aromatic heterocycles. The van der Waals surface area contributed by atoms with Crippen molar-refractivity contribution in [2.45, 2.75) is 6.10 Å². The lowest BCUT2D eigenvalue weighted by molar-refractivity contribution is -0.385. The number of nitro groups is 1. The number of nitriles is 1. The Hall–Kier alpha value is -1.93. The van der Waals surface area contributed by atoms with Crippen molar-refractivity contribution in [3.8, 4) is 6.07 Å². The van der Waals surface area contributed by atoms with Crippen molar-refractivity contribution in [3.05, 3.63) is 39.9 Å². The number of nitrogens with zero attached hydrogens (tertiary/aromatic N) is 2. The Morgan fingerprint density at radius 3 is 2.85 bits per heavy atom. The van der Waals surface area contributed by atoms with E-state index in [1.165, 1.54) is 24.3 Å². The summed E-state index contributed by atoms with van der Waals surface area (Å²) in [5.74, 6) is 0. The summed E-state index contributed by atoms with van der Waals surface area (Å²) in [5, 5.41) is 27.7. The van der Waals surface area contributed by atoms with Crippen molar-refractivity contribution in [1.29, 1.82) is 5.26 Å².